The number of nitrogens with zero attached hydrogens (tertiary/aromatic N) is 3. The largest absolute Gasteiger partial charge is 0.396 e. The molecule has 2 saturated carbocycles. The Hall–Kier alpha value is -3.05. The lowest BCUT2D eigenvalue weighted by Crippen LogP contribution is -2.21. The molecule has 2 aliphatic carbocycles. The van der Waals surface area contributed by atoms with Gasteiger partial charge in [-0.3, -0.25) is 4.79 Å². The monoisotopic (exact) mass is 471 g/mol. The number of hydrogen-bond donors (Lipinski definition) is 1. The van der Waals surface area contributed by atoms with E-state index in [4.69, 9.17) is 15.1 Å². The summed E-state index contributed by atoms with van der Waals surface area (Å²) in [6.07, 6.45) is 15.8. The SMILES string of the molecule is C=C(/C=C(\C=C/C)C1CC1)c1cnc(N2CC3(CC3)c3ccc(C(=O)CCCO)cc32)nc1.CC. The molecule has 0 radical (unpaired) electrons. The van der Waals surface area contributed by atoms with Gasteiger partial charge in [0, 0.05) is 54.2 Å². The van der Waals surface area contributed by atoms with Crippen LogP contribution in [0, 0.1) is 5.92 Å². The van der Waals surface area contributed by atoms with Gasteiger partial charge in [-0.25, -0.2) is 9.97 Å². The minimum atomic E-state index is 0.0312. The van der Waals surface area contributed by atoms with Crippen molar-refractivity contribution in [1.82, 2.24) is 9.97 Å². The predicted octanol–water partition coefficient (Wildman–Crippen LogP) is 6.57. The second-order valence-electron chi connectivity index (χ2n) is 9.56. The zero-order chi connectivity index (χ0) is 25.0. The van der Waals surface area contributed by atoms with Gasteiger partial charge < -0.3 is 10.0 Å². The van der Waals surface area contributed by atoms with Gasteiger partial charge in [-0.15, -0.1) is 0 Å². The summed E-state index contributed by atoms with van der Waals surface area (Å²) < 4.78 is 0. The number of rotatable bonds is 9. The van der Waals surface area contributed by atoms with Crippen molar-refractivity contribution >= 4 is 23.0 Å². The van der Waals surface area contributed by atoms with Crippen LogP contribution in [0.1, 0.15) is 80.8 Å². The average Bonchev–Trinajstić information content (AvgIpc) is 3.82. The maximum Gasteiger partial charge on any atom is 0.229 e. The third kappa shape index (κ3) is 5.30. The Morgan fingerprint density at radius 2 is 1.91 bits per heavy atom. The van der Waals surface area contributed by atoms with Crippen LogP contribution in [-0.2, 0) is 5.41 Å². The first-order valence-corrected chi connectivity index (χ1v) is 13.0. The molecule has 1 aromatic heterocycles. The van der Waals surface area contributed by atoms with Crippen molar-refractivity contribution in [2.24, 2.45) is 5.92 Å². The van der Waals surface area contributed by atoms with Crippen molar-refractivity contribution in [1.29, 1.82) is 0 Å². The molecule has 1 aliphatic heterocycles. The van der Waals surface area contributed by atoms with Gasteiger partial charge in [0.1, 0.15) is 0 Å². The highest BCUT2D eigenvalue weighted by Gasteiger charge is 2.52. The van der Waals surface area contributed by atoms with Crippen LogP contribution in [0.5, 0.6) is 0 Å². The first-order chi connectivity index (χ1) is 17.0. The molecule has 35 heavy (non-hydrogen) atoms. The minimum Gasteiger partial charge on any atom is -0.396 e. The lowest BCUT2D eigenvalue weighted by atomic mass is 9.96. The van der Waals surface area contributed by atoms with E-state index < -0.39 is 0 Å². The van der Waals surface area contributed by atoms with E-state index in [1.54, 1.807) is 0 Å². The number of carbonyl (C=O) groups is 1. The van der Waals surface area contributed by atoms with Gasteiger partial charge in [0.25, 0.3) is 0 Å². The molecule has 0 unspecified atom stereocenters. The lowest BCUT2D eigenvalue weighted by Gasteiger charge is -2.18. The van der Waals surface area contributed by atoms with Gasteiger partial charge in [-0.05, 0) is 67.7 Å². The highest BCUT2D eigenvalue weighted by Crippen LogP contribution is 2.57. The standard InChI is InChI=1S/C28H31N3O2.C2H6/c1-3-5-21(20-7-8-20)14-19(2)23-16-29-27(30-17-23)31-18-28(11-12-28)24-10-9-22(15-25(24)31)26(33)6-4-13-32;1-2/h3,5,9-10,14-17,20,32H,2,4,6-8,11-13,18H2,1H3;1-2H3/b5-3-,21-14+;. The molecule has 1 N–H and O–H groups in total. The van der Waals surface area contributed by atoms with Crippen LogP contribution in [0.2, 0.25) is 0 Å². The highest BCUT2D eigenvalue weighted by molar-refractivity contribution is 5.97. The van der Waals surface area contributed by atoms with Gasteiger partial charge in [0.2, 0.25) is 5.95 Å². The molecular formula is C30H37N3O2. The van der Waals surface area contributed by atoms with E-state index in [0.29, 0.717) is 30.3 Å². The molecule has 0 saturated heterocycles. The van der Waals surface area contributed by atoms with E-state index in [1.807, 2.05) is 45.3 Å². The molecule has 5 rings (SSSR count). The number of allylic oxidation sites excluding steroid dienone is 5. The Bertz CT molecular complexity index is 1140. The zero-order valence-corrected chi connectivity index (χ0v) is 21.3. The van der Waals surface area contributed by atoms with Crippen LogP contribution in [-0.4, -0.2) is 34.0 Å². The first kappa shape index (κ1) is 25.1. The molecule has 0 bridgehead atoms. The third-order valence-corrected chi connectivity index (χ3v) is 7.06. The Morgan fingerprint density at radius 1 is 1.20 bits per heavy atom. The normalized spacial score (nSPS) is 17.8. The quantitative estimate of drug-likeness (QED) is 0.331. The van der Waals surface area contributed by atoms with Crippen molar-refractivity contribution in [3.8, 4) is 0 Å². The third-order valence-electron chi connectivity index (χ3n) is 7.06. The van der Waals surface area contributed by atoms with Crippen molar-refractivity contribution in [3.63, 3.8) is 0 Å². The molecule has 2 fully saturated rings. The number of Topliss-reactive ketones (excluding diaryl/α,β-unsaturated/α-hetero) is 1. The smallest absolute Gasteiger partial charge is 0.229 e. The maximum atomic E-state index is 12.5. The van der Waals surface area contributed by atoms with Crippen LogP contribution in [0.4, 0.5) is 11.6 Å². The van der Waals surface area contributed by atoms with Gasteiger partial charge in [-0.1, -0.05) is 50.8 Å². The zero-order valence-electron chi connectivity index (χ0n) is 21.3. The van der Waals surface area contributed by atoms with Crippen LogP contribution in [0.3, 0.4) is 0 Å². The number of anilines is 2. The van der Waals surface area contributed by atoms with Gasteiger partial charge in [-0.2, -0.15) is 0 Å². The maximum absolute atomic E-state index is 12.5. The summed E-state index contributed by atoms with van der Waals surface area (Å²) in [6.45, 7) is 11.2. The van der Waals surface area contributed by atoms with E-state index in [9.17, 15) is 4.79 Å². The molecule has 0 atom stereocenters. The van der Waals surface area contributed by atoms with Crippen LogP contribution in [0.25, 0.3) is 5.57 Å². The number of aromatic nitrogens is 2. The second-order valence-corrected chi connectivity index (χ2v) is 9.56. The Morgan fingerprint density at radius 3 is 2.51 bits per heavy atom. The molecule has 5 nitrogen and oxygen atoms in total. The summed E-state index contributed by atoms with van der Waals surface area (Å²) in [5.41, 5.74) is 6.38. The van der Waals surface area contributed by atoms with Crippen LogP contribution >= 0.6 is 0 Å². The Labute approximate surface area is 209 Å². The van der Waals surface area contributed by atoms with Crippen molar-refractivity contribution in [2.75, 3.05) is 18.1 Å². The predicted molar refractivity (Wildman–Crippen MR) is 143 cm³/mol. The summed E-state index contributed by atoms with van der Waals surface area (Å²) in [4.78, 5) is 24.1. The first-order valence-electron chi connectivity index (χ1n) is 13.0. The number of hydrogen-bond acceptors (Lipinski definition) is 5. The number of carbonyl (C=O) groups excluding carboxylic acids is 1. The Kier molecular flexibility index (Phi) is 7.66. The van der Waals surface area contributed by atoms with E-state index in [-0.39, 0.29) is 17.8 Å². The van der Waals surface area contributed by atoms with Gasteiger partial charge >= 0.3 is 0 Å². The Balaban J connectivity index is 0.00000141. The van der Waals surface area contributed by atoms with Crippen molar-refractivity contribution in [2.45, 2.75) is 64.7 Å². The number of benzene rings is 1. The fraction of sp³-hybridized carbons (Fsp3) is 0.433. The van der Waals surface area contributed by atoms with Crippen molar-refractivity contribution in [3.05, 3.63) is 77.7 Å². The molecule has 2 aromatic rings. The molecule has 3 aliphatic rings. The van der Waals surface area contributed by atoms with E-state index in [1.165, 1.54) is 24.0 Å². The number of aliphatic hydroxyl groups is 1. The van der Waals surface area contributed by atoms with Crippen molar-refractivity contribution < 1.29 is 9.90 Å². The minimum absolute atomic E-state index is 0.0312. The second kappa shape index (κ2) is 10.7. The lowest BCUT2D eigenvalue weighted by molar-refractivity contribution is 0.0971. The average molecular weight is 472 g/mol. The summed E-state index contributed by atoms with van der Waals surface area (Å²) >= 11 is 0. The van der Waals surface area contributed by atoms with Crippen LogP contribution in [0.15, 0.2) is 61.0 Å². The summed E-state index contributed by atoms with van der Waals surface area (Å²) in [6, 6.07) is 6.03. The fourth-order valence-corrected chi connectivity index (χ4v) is 4.81. The molecule has 1 aromatic carbocycles. The number of aliphatic hydroxyl groups excluding tert-OH is 1. The molecular weight excluding hydrogens is 434 g/mol. The fourth-order valence-electron chi connectivity index (χ4n) is 4.81. The molecule has 0 amide bonds. The van der Waals surface area contributed by atoms with E-state index in [0.717, 1.165) is 36.2 Å². The number of ketones is 1. The molecule has 1 spiro atoms. The molecule has 2 heterocycles. The summed E-state index contributed by atoms with van der Waals surface area (Å²) in [5, 5.41) is 9.06. The van der Waals surface area contributed by atoms with E-state index >= 15 is 0 Å². The van der Waals surface area contributed by atoms with Gasteiger partial charge in [0.05, 0.1) is 0 Å². The van der Waals surface area contributed by atoms with Gasteiger partial charge in [0.15, 0.2) is 5.78 Å². The van der Waals surface area contributed by atoms with E-state index in [2.05, 4.69) is 35.8 Å². The molecule has 5 heteroatoms. The number of fused-ring (bicyclic) bond motifs is 2. The van der Waals surface area contributed by atoms with Crippen LogP contribution < -0.4 is 4.90 Å². The highest BCUT2D eigenvalue weighted by atomic mass is 16.3. The molecule has 184 valence electrons. The summed E-state index contributed by atoms with van der Waals surface area (Å²) in [5.74, 6) is 1.38. The topological polar surface area (TPSA) is 66.3 Å². The summed E-state index contributed by atoms with van der Waals surface area (Å²) in [7, 11) is 0.